The fourth-order valence-corrected chi connectivity index (χ4v) is 5.71. The predicted octanol–water partition coefficient (Wildman–Crippen LogP) is 0.236. The van der Waals surface area contributed by atoms with Gasteiger partial charge < -0.3 is 14.8 Å². The predicted molar refractivity (Wildman–Crippen MR) is 131 cm³/mol. The maximum absolute atomic E-state index is 14.5. The minimum Gasteiger partial charge on any atom is -0.483 e. The van der Waals surface area contributed by atoms with Crippen LogP contribution >= 0.6 is 0 Å². The molecule has 1 aliphatic carbocycles. The van der Waals surface area contributed by atoms with E-state index in [0.717, 1.165) is 18.7 Å². The lowest BCUT2D eigenvalue weighted by atomic mass is 9.34. The van der Waals surface area contributed by atoms with E-state index in [0.29, 0.717) is 25.3 Å². The van der Waals surface area contributed by atoms with E-state index in [1.165, 1.54) is 0 Å². The van der Waals surface area contributed by atoms with Crippen LogP contribution in [0.1, 0.15) is 24.8 Å². The molecule has 8 radical (unpaired) electrons. The Morgan fingerprint density at radius 3 is 2.66 bits per heavy atom. The van der Waals surface area contributed by atoms with Crippen molar-refractivity contribution >= 4 is 47.7 Å². The van der Waals surface area contributed by atoms with Gasteiger partial charge in [0.15, 0.2) is 17.9 Å². The Labute approximate surface area is 210 Å². The summed E-state index contributed by atoms with van der Waals surface area (Å²) in [5.74, 6) is -5.30. The molecule has 1 aliphatic heterocycles. The van der Waals surface area contributed by atoms with Gasteiger partial charge >= 0.3 is 0 Å². The third-order valence-corrected chi connectivity index (χ3v) is 7.44. The van der Waals surface area contributed by atoms with Gasteiger partial charge in [-0.1, -0.05) is 17.5 Å². The van der Waals surface area contributed by atoms with Gasteiger partial charge in [0.2, 0.25) is 10.0 Å². The summed E-state index contributed by atoms with van der Waals surface area (Å²) in [5, 5.41) is 1.55. The number of rotatable bonds is 9. The molecule has 7 nitrogen and oxygen atoms in total. The molecule has 0 spiro atoms. The Morgan fingerprint density at radius 2 is 2.00 bits per heavy atom. The van der Waals surface area contributed by atoms with Crippen molar-refractivity contribution < 1.29 is 31.5 Å². The number of carbonyl (C=O) groups excluding carboxylic acids is 1. The number of nitrogens with one attached hydrogen (secondary N) is 2. The van der Waals surface area contributed by atoms with Gasteiger partial charge in [0.05, 0.1) is 50.4 Å². The average Bonchev–Trinajstić information content (AvgIpc) is 2.78. The zero-order chi connectivity index (χ0) is 26.0. The summed E-state index contributed by atoms with van der Waals surface area (Å²) >= 11 is 0. The molecule has 1 aromatic rings. The van der Waals surface area contributed by atoms with Crippen LogP contribution in [0.5, 0.6) is 5.75 Å². The van der Waals surface area contributed by atoms with Crippen molar-refractivity contribution in [2.24, 2.45) is 0 Å². The highest BCUT2D eigenvalue weighted by Gasteiger charge is 2.48. The van der Waals surface area contributed by atoms with E-state index in [1.807, 2.05) is 0 Å². The van der Waals surface area contributed by atoms with E-state index in [4.69, 9.17) is 40.9 Å². The largest absolute Gasteiger partial charge is 0.483 e. The van der Waals surface area contributed by atoms with E-state index >= 15 is 0 Å². The first-order chi connectivity index (χ1) is 16.4. The molecule has 1 aromatic carbocycles. The highest BCUT2D eigenvalue weighted by Crippen LogP contribution is 2.56. The average molecular weight is 500 g/mol. The Bertz CT molecular complexity index is 1020. The number of benzene rings is 1. The summed E-state index contributed by atoms with van der Waals surface area (Å²) in [6.07, 6.45) is 2.40. The first kappa shape index (κ1) is 28.2. The van der Waals surface area contributed by atoms with Gasteiger partial charge in [-0.25, -0.2) is 21.9 Å². The number of aldehydes is 1. The van der Waals surface area contributed by atoms with Crippen molar-refractivity contribution in [3.63, 3.8) is 0 Å². The zero-order valence-corrected chi connectivity index (χ0v) is 20.3. The Morgan fingerprint density at radius 1 is 1.29 bits per heavy atom. The summed E-state index contributed by atoms with van der Waals surface area (Å²) in [4.78, 5) is 10.8. The molecule has 182 valence electrons. The molecule has 0 amide bonds. The third kappa shape index (κ3) is 6.32. The fourth-order valence-electron chi connectivity index (χ4n) is 4.88. The highest BCUT2D eigenvalue weighted by molar-refractivity contribution is 7.88. The minimum atomic E-state index is -3.41. The van der Waals surface area contributed by atoms with Crippen molar-refractivity contribution in [1.82, 2.24) is 10.0 Å². The zero-order valence-electron chi connectivity index (χ0n) is 19.5. The van der Waals surface area contributed by atoms with Crippen LogP contribution in [0.4, 0.5) is 8.78 Å². The van der Waals surface area contributed by atoms with Gasteiger partial charge in [0.1, 0.15) is 12.4 Å². The maximum Gasteiger partial charge on any atom is 0.209 e. The van der Waals surface area contributed by atoms with Gasteiger partial charge in [0.25, 0.3) is 0 Å². The molecule has 0 unspecified atom stereocenters. The minimum absolute atomic E-state index is 0.105. The second-order valence-electron chi connectivity index (χ2n) is 9.19. The maximum atomic E-state index is 14.5. The van der Waals surface area contributed by atoms with Crippen LogP contribution in [0.2, 0.25) is 17.5 Å². The normalized spacial score (nSPS) is 33.8. The van der Waals surface area contributed by atoms with Crippen LogP contribution in [-0.2, 0) is 24.9 Å². The lowest BCUT2D eigenvalue weighted by Crippen LogP contribution is -2.56. The number of halogens is 2. The molecule has 0 bridgehead atoms. The number of hydrogen-bond donors (Lipinski definition) is 2. The Kier molecular flexibility index (Phi) is 9.15. The van der Waals surface area contributed by atoms with Gasteiger partial charge in [-0.05, 0) is 42.8 Å². The van der Waals surface area contributed by atoms with Gasteiger partial charge in [-0.15, -0.1) is 0 Å². The summed E-state index contributed by atoms with van der Waals surface area (Å²) in [5.41, 5.74) is -0.128. The smallest absolute Gasteiger partial charge is 0.209 e. The fraction of sp³-hybridized carbons (Fsp3) is 0.667. The van der Waals surface area contributed by atoms with Crippen molar-refractivity contribution in [2.75, 3.05) is 26.0 Å². The molecular weight excluding hydrogens is 474 g/mol. The molecule has 7 atom stereocenters. The highest BCUT2D eigenvalue weighted by atomic mass is 32.2. The number of carbonyl (C=O) groups is 1. The van der Waals surface area contributed by atoms with E-state index in [9.17, 15) is 22.0 Å². The first-order valence-corrected chi connectivity index (χ1v) is 13.2. The van der Waals surface area contributed by atoms with E-state index in [-0.39, 0.29) is 30.7 Å². The van der Waals surface area contributed by atoms with Crippen molar-refractivity contribution in [3.05, 3.63) is 29.3 Å². The molecule has 1 heterocycles. The summed E-state index contributed by atoms with van der Waals surface area (Å²) in [6, 6.07) is 0.923. The topological polar surface area (TPSA) is 93.7 Å². The van der Waals surface area contributed by atoms with Crippen LogP contribution < -0.4 is 14.8 Å². The number of piperidine rings is 1. The van der Waals surface area contributed by atoms with Crippen LogP contribution in [0.25, 0.3) is 0 Å². The van der Waals surface area contributed by atoms with E-state index in [1.54, 1.807) is 0 Å². The lowest BCUT2D eigenvalue weighted by Gasteiger charge is -2.53. The molecule has 35 heavy (non-hydrogen) atoms. The third-order valence-electron chi connectivity index (χ3n) is 6.71. The van der Waals surface area contributed by atoms with E-state index in [2.05, 4.69) is 10.0 Å². The molecule has 1 saturated heterocycles. The molecule has 2 fully saturated rings. The molecular formula is C21H26B4F2N2O5S. The molecule has 2 aliphatic rings. The first-order valence-electron chi connectivity index (χ1n) is 11.3. The van der Waals surface area contributed by atoms with Gasteiger partial charge in [-0.3, -0.25) is 4.79 Å². The summed E-state index contributed by atoms with van der Waals surface area (Å²) in [6.45, 7) is 0.349. The van der Waals surface area contributed by atoms with Gasteiger partial charge in [-0.2, -0.15) is 0 Å². The second-order valence-corrected chi connectivity index (χ2v) is 11.0. The molecule has 1 saturated carbocycles. The van der Waals surface area contributed by atoms with Crippen molar-refractivity contribution in [3.8, 4) is 5.75 Å². The Hall–Kier alpha value is -1.36. The standard InChI is InChI=1S/C21H26B4F2N2O5S/c1-35(31,32)29-14-3-2-4-28-15(14)10-34-16-9-17(22)21(25,20(24)18(16)23)12-7-11(26)8-13(27)19(12)33-6-5-30/h5,7-8,14-18,20,28-29H,2-4,6,9-10H2,1H3/t14-,15-,16-,17-,18+,20+,21-/m0/s1. The number of hydrogen-bond acceptors (Lipinski definition) is 6. The van der Waals surface area contributed by atoms with Crippen molar-refractivity contribution in [1.29, 1.82) is 0 Å². The van der Waals surface area contributed by atoms with E-state index < -0.39 is 62.9 Å². The molecule has 3 rings (SSSR count). The van der Waals surface area contributed by atoms with Crippen molar-refractivity contribution in [2.45, 2.75) is 60.2 Å². The monoisotopic (exact) mass is 500 g/mol. The quantitative estimate of drug-likeness (QED) is 0.373. The molecule has 0 aromatic heterocycles. The molecule has 2 N–H and O–H groups in total. The number of sulfonamides is 1. The van der Waals surface area contributed by atoms with Crippen LogP contribution in [0.3, 0.4) is 0 Å². The molecule has 14 heteroatoms. The van der Waals surface area contributed by atoms with Crippen LogP contribution in [0.15, 0.2) is 12.1 Å². The van der Waals surface area contributed by atoms with Gasteiger partial charge in [0, 0.05) is 18.2 Å². The Balaban J connectivity index is 1.80. The summed E-state index contributed by atoms with van der Waals surface area (Å²) in [7, 11) is 22.3. The number of ether oxygens (including phenoxy) is 2. The van der Waals surface area contributed by atoms with Crippen LogP contribution in [-0.4, -0.2) is 90.3 Å². The SMILES string of the molecule is [B][C@@H]1[C@@H](OC[C@@H]2NCCC[C@@H]2NS(C)(=O)=O)C[C@H]([B])[C@@]([B])(c2cc(F)cc(F)c2OCC=O)[C@@H]1[B]. The summed E-state index contributed by atoms with van der Waals surface area (Å²) < 4.78 is 65.9. The van der Waals surface area contributed by atoms with Crippen LogP contribution in [0, 0.1) is 11.6 Å². The second kappa shape index (κ2) is 11.4. The lowest BCUT2D eigenvalue weighted by molar-refractivity contribution is -0.109.